The zero-order chi connectivity index (χ0) is 16.8. The fourth-order valence-electron chi connectivity index (χ4n) is 2.19. The maximum atomic E-state index is 11.5. The van der Waals surface area contributed by atoms with Crippen LogP contribution in [0.15, 0.2) is 0 Å². The molecule has 0 aliphatic carbocycles. The molecule has 126 valence electrons. The summed E-state index contributed by atoms with van der Waals surface area (Å²) in [7, 11) is 3.07. The van der Waals surface area contributed by atoms with E-state index in [2.05, 4.69) is 5.32 Å². The van der Waals surface area contributed by atoms with Crippen LogP contribution in [0.4, 0.5) is 0 Å². The molecule has 11 heteroatoms. The Balaban J connectivity index is 2.52. The summed E-state index contributed by atoms with van der Waals surface area (Å²) >= 11 is 0. The topological polar surface area (TPSA) is 140 Å². The van der Waals surface area contributed by atoms with E-state index in [4.69, 9.17) is 37.6 Å². The van der Waals surface area contributed by atoms with Gasteiger partial charge in [-0.1, -0.05) is 0 Å². The Bertz CT molecular complexity index is 408. The van der Waals surface area contributed by atoms with Crippen LogP contribution >= 0.6 is 7.60 Å². The molecule has 0 unspecified atom stereocenters. The Labute approximate surface area is 130 Å². The van der Waals surface area contributed by atoms with E-state index >= 15 is 0 Å². The van der Waals surface area contributed by atoms with Gasteiger partial charge in [-0.2, -0.15) is 0 Å². The molecule has 0 aromatic carbocycles. The molecule has 0 bridgehead atoms. The van der Waals surface area contributed by atoms with Crippen molar-refractivity contribution in [1.29, 1.82) is 0 Å². The maximum absolute atomic E-state index is 11.5. The van der Waals surface area contributed by atoms with Crippen molar-refractivity contribution in [3.8, 4) is 0 Å². The molecule has 0 spiro atoms. The molecular formula is C11H22BN2O7P. The van der Waals surface area contributed by atoms with E-state index in [1.54, 1.807) is 0 Å². The number of nitrogens with two attached hydrogens (primary N) is 1. The monoisotopic (exact) mass is 336 g/mol. The van der Waals surface area contributed by atoms with Crippen LogP contribution in [0.1, 0.15) is 6.42 Å². The highest BCUT2D eigenvalue weighted by atomic mass is 31.2. The molecule has 22 heavy (non-hydrogen) atoms. The molecule has 5 N–H and O–H groups in total. The fraction of sp³-hybridized carbons (Fsp3) is 0.909. The van der Waals surface area contributed by atoms with Gasteiger partial charge in [-0.05, 0) is 6.42 Å². The van der Waals surface area contributed by atoms with Crippen molar-refractivity contribution in [3.63, 3.8) is 0 Å². The number of amides is 1. The van der Waals surface area contributed by atoms with Crippen molar-refractivity contribution in [3.05, 3.63) is 0 Å². The van der Waals surface area contributed by atoms with Crippen molar-refractivity contribution < 1.29 is 33.4 Å². The third-order valence-electron chi connectivity index (χ3n) is 3.20. The summed E-state index contributed by atoms with van der Waals surface area (Å²) in [5.41, 5.74) is 5.27. The fourth-order valence-corrected chi connectivity index (χ4v) is 2.78. The van der Waals surface area contributed by atoms with Gasteiger partial charge in [0, 0.05) is 26.2 Å². The Hall–Kier alpha value is -0.475. The molecule has 1 amide bonds. The number of rotatable bonds is 9. The van der Waals surface area contributed by atoms with Crippen molar-refractivity contribution in [1.82, 2.24) is 5.32 Å². The summed E-state index contributed by atoms with van der Waals surface area (Å²) in [6, 6.07) is -0.839. The Morgan fingerprint density at radius 1 is 1.45 bits per heavy atom. The van der Waals surface area contributed by atoms with Gasteiger partial charge in [-0.25, -0.2) is 0 Å². The molecule has 0 aromatic rings. The first kappa shape index (κ1) is 19.6. The number of nitrogens with one attached hydrogen (secondary N) is 1. The Kier molecular flexibility index (Phi) is 7.99. The predicted molar refractivity (Wildman–Crippen MR) is 78.5 cm³/mol. The zero-order valence-electron chi connectivity index (χ0n) is 12.4. The minimum atomic E-state index is -4.13. The average Bonchev–Trinajstić information content (AvgIpc) is 2.75. The second-order valence-corrected chi connectivity index (χ2v) is 6.71. The SMILES string of the molecule is [B][C@@H]1O[C@H](CCP(=O)(O)O)[C@@H](OC)[C@H]1OCC(=O)NCCN. The molecular weight excluding hydrogens is 314 g/mol. The van der Waals surface area contributed by atoms with Crippen LogP contribution in [0.25, 0.3) is 0 Å². The van der Waals surface area contributed by atoms with Gasteiger partial charge < -0.3 is 35.0 Å². The van der Waals surface area contributed by atoms with Crippen LogP contribution in [-0.4, -0.2) is 80.8 Å². The van der Waals surface area contributed by atoms with Gasteiger partial charge in [0.05, 0.1) is 12.3 Å². The second kappa shape index (κ2) is 8.98. The van der Waals surface area contributed by atoms with Crippen LogP contribution in [0.3, 0.4) is 0 Å². The number of carbonyl (C=O) groups is 1. The third-order valence-corrected chi connectivity index (χ3v) is 4.04. The van der Waals surface area contributed by atoms with Crippen LogP contribution in [0, 0.1) is 0 Å². The predicted octanol–water partition coefficient (Wildman–Crippen LogP) is -2.08. The molecule has 1 heterocycles. The molecule has 0 aromatic heterocycles. The smallest absolute Gasteiger partial charge is 0.325 e. The molecule has 4 atom stereocenters. The molecule has 1 aliphatic heterocycles. The van der Waals surface area contributed by atoms with Gasteiger partial charge in [0.15, 0.2) is 0 Å². The standard InChI is InChI=1S/C11H22BN2O7P/c1-19-9-7(2-5-22(16,17)18)21-11(12)10(9)20-6-8(15)14-4-3-13/h7,9-11H,2-6,13H2,1H3,(H,14,15)(H2,16,17,18)/t7-,9-,10-,11-/m1/s1. The molecule has 0 saturated carbocycles. The van der Waals surface area contributed by atoms with Gasteiger partial charge >= 0.3 is 7.60 Å². The molecule has 1 rings (SSSR count). The van der Waals surface area contributed by atoms with E-state index in [0.29, 0.717) is 13.1 Å². The van der Waals surface area contributed by atoms with Gasteiger partial charge in [0.2, 0.25) is 5.91 Å². The summed E-state index contributed by atoms with van der Waals surface area (Å²) in [4.78, 5) is 29.3. The van der Waals surface area contributed by atoms with E-state index in [1.807, 2.05) is 0 Å². The quantitative estimate of drug-likeness (QED) is 0.278. The highest BCUT2D eigenvalue weighted by molar-refractivity contribution is 7.51. The average molecular weight is 336 g/mol. The summed E-state index contributed by atoms with van der Waals surface area (Å²) < 4.78 is 27.0. The molecule has 1 saturated heterocycles. The summed E-state index contributed by atoms with van der Waals surface area (Å²) in [5.74, 6) is -0.342. The second-order valence-electron chi connectivity index (χ2n) is 4.93. The van der Waals surface area contributed by atoms with Gasteiger partial charge in [0.1, 0.15) is 26.7 Å². The van der Waals surface area contributed by atoms with E-state index in [1.165, 1.54) is 7.11 Å². The lowest BCUT2D eigenvalue weighted by molar-refractivity contribution is -0.130. The first-order chi connectivity index (χ1) is 10.3. The Morgan fingerprint density at radius 2 is 2.14 bits per heavy atom. The van der Waals surface area contributed by atoms with Crippen LogP contribution < -0.4 is 11.1 Å². The van der Waals surface area contributed by atoms with Crippen LogP contribution in [-0.2, 0) is 23.6 Å². The van der Waals surface area contributed by atoms with Crippen LogP contribution in [0.5, 0.6) is 0 Å². The number of carbonyl (C=O) groups excluding carboxylic acids is 1. The summed E-state index contributed by atoms with van der Waals surface area (Å²) in [6.45, 7) is 0.434. The third kappa shape index (κ3) is 6.33. The summed E-state index contributed by atoms with van der Waals surface area (Å²) in [6.07, 6.45) is -2.17. The normalized spacial score (nSPS) is 28.7. The zero-order valence-corrected chi connectivity index (χ0v) is 13.3. The van der Waals surface area contributed by atoms with Crippen molar-refractivity contribution in [2.45, 2.75) is 30.7 Å². The lowest BCUT2D eigenvalue weighted by Gasteiger charge is -2.22. The number of ether oxygens (including phenoxy) is 3. The minimum Gasteiger partial charge on any atom is -0.379 e. The van der Waals surface area contributed by atoms with Gasteiger partial charge in [0.25, 0.3) is 0 Å². The number of hydrogen-bond acceptors (Lipinski definition) is 6. The minimum absolute atomic E-state index is 0.0791. The van der Waals surface area contributed by atoms with Gasteiger partial charge in [-0.3, -0.25) is 9.36 Å². The van der Waals surface area contributed by atoms with Gasteiger partial charge in [-0.15, -0.1) is 0 Å². The number of methoxy groups -OCH3 is 1. The molecule has 2 radical (unpaired) electrons. The van der Waals surface area contributed by atoms with Crippen molar-refractivity contribution in [2.75, 3.05) is 33.0 Å². The lowest BCUT2D eigenvalue weighted by Crippen LogP contribution is -2.40. The maximum Gasteiger partial charge on any atom is 0.325 e. The molecule has 1 fully saturated rings. The van der Waals surface area contributed by atoms with Crippen LogP contribution in [0.2, 0.25) is 0 Å². The molecule has 9 nitrogen and oxygen atoms in total. The van der Waals surface area contributed by atoms with E-state index in [9.17, 15) is 9.36 Å². The lowest BCUT2D eigenvalue weighted by atomic mass is 9.92. The van der Waals surface area contributed by atoms with E-state index in [0.717, 1.165) is 0 Å². The first-order valence-electron chi connectivity index (χ1n) is 6.85. The highest BCUT2D eigenvalue weighted by Crippen LogP contribution is 2.38. The van der Waals surface area contributed by atoms with E-state index < -0.39 is 31.9 Å². The largest absolute Gasteiger partial charge is 0.379 e. The number of hydrogen-bond donors (Lipinski definition) is 4. The van der Waals surface area contributed by atoms with Crippen molar-refractivity contribution >= 4 is 21.3 Å². The highest BCUT2D eigenvalue weighted by Gasteiger charge is 2.43. The van der Waals surface area contributed by atoms with E-state index in [-0.39, 0.29) is 25.1 Å². The first-order valence-corrected chi connectivity index (χ1v) is 8.65. The summed E-state index contributed by atoms with van der Waals surface area (Å²) in [5, 5.41) is 2.55. The van der Waals surface area contributed by atoms with Crippen molar-refractivity contribution in [2.24, 2.45) is 5.73 Å². The Morgan fingerprint density at radius 3 is 2.68 bits per heavy atom. The molecule has 1 aliphatic rings.